The Labute approximate surface area is 182 Å². The van der Waals surface area contributed by atoms with Crippen molar-refractivity contribution in [3.63, 3.8) is 0 Å². The van der Waals surface area contributed by atoms with E-state index in [9.17, 15) is 9.59 Å². The summed E-state index contributed by atoms with van der Waals surface area (Å²) in [6.45, 7) is 2.24. The van der Waals surface area contributed by atoms with Crippen molar-refractivity contribution < 1.29 is 14.4 Å². The average molecular weight is 469 g/mol. The van der Waals surface area contributed by atoms with Gasteiger partial charge in [0.05, 0.1) is 5.52 Å². The Hall–Kier alpha value is -2.68. The number of hydrogen-bond donors (Lipinski definition) is 1. The van der Waals surface area contributed by atoms with E-state index in [1.54, 1.807) is 17.0 Å². The van der Waals surface area contributed by atoms with Gasteiger partial charge in [0.25, 0.3) is 5.91 Å². The van der Waals surface area contributed by atoms with Gasteiger partial charge in [-0.1, -0.05) is 46.6 Å². The fourth-order valence-electron chi connectivity index (χ4n) is 4.42. The number of nitrogens with zero attached hydrogens (tertiary/aromatic N) is 3. The van der Waals surface area contributed by atoms with E-state index in [1.165, 1.54) is 0 Å². The van der Waals surface area contributed by atoms with E-state index >= 15 is 0 Å². The van der Waals surface area contributed by atoms with Crippen LogP contribution in [0.4, 0.5) is 5.69 Å². The highest BCUT2D eigenvalue weighted by Gasteiger charge is 2.61. The van der Waals surface area contributed by atoms with Crippen molar-refractivity contribution in [3.05, 3.63) is 64.8 Å². The largest absolute Gasteiger partial charge is 0.354 e. The first-order valence-electron chi connectivity index (χ1n) is 9.79. The van der Waals surface area contributed by atoms with Crippen molar-refractivity contribution in [3.8, 4) is 0 Å². The summed E-state index contributed by atoms with van der Waals surface area (Å²) in [5, 5.41) is 2.76. The van der Waals surface area contributed by atoms with Crippen molar-refractivity contribution in [2.24, 2.45) is 5.92 Å². The molecule has 1 aliphatic heterocycles. The molecule has 1 aromatic heterocycles. The van der Waals surface area contributed by atoms with E-state index in [2.05, 4.69) is 33.0 Å². The summed E-state index contributed by atoms with van der Waals surface area (Å²) in [6.07, 6.45) is 0.797. The quantitative estimate of drug-likeness (QED) is 0.632. The van der Waals surface area contributed by atoms with E-state index < -0.39 is 5.66 Å². The highest BCUT2D eigenvalue weighted by molar-refractivity contribution is 9.10. The van der Waals surface area contributed by atoms with E-state index in [1.807, 2.05) is 54.6 Å². The molecule has 1 N–H and O–H groups in total. The molecule has 5 rings (SSSR count). The van der Waals surface area contributed by atoms with Gasteiger partial charge in [-0.05, 0) is 48.7 Å². The molecule has 0 spiro atoms. The molecule has 3 aromatic rings. The van der Waals surface area contributed by atoms with Crippen molar-refractivity contribution in [2.45, 2.75) is 19.0 Å². The van der Waals surface area contributed by atoms with E-state index in [0.29, 0.717) is 5.69 Å². The second kappa shape index (κ2) is 6.94. The fraction of sp³-hybridized carbons (Fsp3) is 0.273. The third-order valence-electron chi connectivity index (χ3n) is 6.08. The van der Waals surface area contributed by atoms with Crippen molar-refractivity contribution in [2.75, 3.05) is 18.5 Å². The van der Waals surface area contributed by atoms with Gasteiger partial charge in [0.2, 0.25) is 0 Å². The third-order valence-corrected chi connectivity index (χ3v) is 6.57. The van der Waals surface area contributed by atoms with Gasteiger partial charge in [-0.2, -0.15) is 5.01 Å². The topological polar surface area (TPSA) is 66.8 Å². The predicted molar refractivity (Wildman–Crippen MR) is 117 cm³/mol. The Bertz CT molecular complexity index is 1160. The molecule has 0 radical (unpaired) electrons. The van der Waals surface area contributed by atoms with Crippen LogP contribution >= 0.6 is 15.9 Å². The first-order chi connectivity index (χ1) is 14.4. The monoisotopic (exact) mass is 468 g/mol. The summed E-state index contributed by atoms with van der Waals surface area (Å²) in [6, 6.07) is 17.5. The molecule has 154 valence electrons. The molecule has 0 bridgehead atoms. The third kappa shape index (κ3) is 2.86. The standard InChI is InChI=1S/C22H21BrN4O3/c1-14-12-22(14,26-13-20(28)30-24-26)27-18-9-8-16(23)10-15(18)11-19(27)21(29)25(2)17-6-4-3-5-7-17/h3-11,14,24H,12-13H2,1-2H3/t14-,22+/m0/s1. The molecule has 1 amide bonds. The van der Waals surface area contributed by atoms with Gasteiger partial charge in [0.15, 0.2) is 0 Å². The molecule has 8 heteroatoms. The molecule has 0 unspecified atom stereocenters. The van der Waals surface area contributed by atoms with E-state index in [4.69, 9.17) is 4.84 Å². The van der Waals surface area contributed by atoms with Crippen LogP contribution in [0.5, 0.6) is 0 Å². The summed E-state index contributed by atoms with van der Waals surface area (Å²) in [5.41, 5.74) is 4.53. The zero-order chi connectivity index (χ0) is 21.0. The van der Waals surface area contributed by atoms with Crippen molar-refractivity contribution in [1.29, 1.82) is 0 Å². The summed E-state index contributed by atoms with van der Waals surface area (Å²) < 4.78 is 3.01. The minimum Gasteiger partial charge on any atom is -0.354 e. The van der Waals surface area contributed by atoms with Gasteiger partial charge in [-0.3, -0.25) is 4.79 Å². The maximum atomic E-state index is 13.6. The maximum Gasteiger partial charge on any atom is 0.342 e. The average Bonchev–Trinajstić information content (AvgIpc) is 3.06. The highest BCUT2D eigenvalue weighted by atomic mass is 79.9. The van der Waals surface area contributed by atoms with Crippen LogP contribution in [-0.2, 0) is 15.3 Å². The first-order valence-corrected chi connectivity index (χ1v) is 10.6. The van der Waals surface area contributed by atoms with Crippen molar-refractivity contribution in [1.82, 2.24) is 15.2 Å². The molecular formula is C22H21BrN4O3. The van der Waals surface area contributed by atoms with E-state index in [-0.39, 0.29) is 24.3 Å². The van der Waals surface area contributed by atoms with Gasteiger partial charge in [0.1, 0.15) is 17.9 Å². The number of amides is 1. The van der Waals surface area contributed by atoms with Crippen LogP contribution in [0.1, 0.15) is 23.8 Å². The smallest absolute Gasteiger partial charge is 0.342 e. The Balaban J connectivity index is 1.67. The lowest BCUT2D eigenvalue weighted by molar-refractivity contribution is -0.144. The minimum absolute atomic E-state index is 0.113. The molecule has 7 nitrogen and oxygen atoms in total. The van der Waals surface area contributed by atoms with E-state index in [0.717, 1.165) is 27.5 Å². The molecule has 2 aromatic carbocycles. The molecule has 1 saturated heterocycles. The molecule has 30 heavy (non-hydrogen) atoms. The fourth-order valence-corrected chi connectivity index (χ4v) is 4.80. The molecule has 2 aliphatic rings. The number of hydrogen-bond acceptors (Lipinski definition) is 5. The van der Waals surface area contributed by atoms with Gasteiger partial charge in [0, 0.05) is 22.6 Å². The number of aromatic nitrogens is 1. The second-order valence-corrected chi connectivity index (χ2v) is 8.82. The molecule has 2 atom stereocenters. The lowest BCUT2D eigenvalue weighted by Gasteiger charge is -2.30. The summed E-state index contributed by atoms with van der Waals surface area (Å²) in [7, 11) is 1.78. The summed E-state index contributed by atoms with van der Waals surface area (Å²) in [5.74, 6) is -0.215. The number of para-hydroxylation sites is 1. The lowest BCUT2D eigenvalue weighted by atomic mass is 10.2. The maximum absolute atomic E-state index is 13.6. The zero-order valence-corrected chi connectivity index (χ0v) is 18.2. The molecule has 2 heterocycles. The second-order valence-electron chi connectivity index (χ2n) is 7.90. The van der Waals surface area contributed by atoms with Crippen molar-refractivity contribution >= 4 is 44.4 Å². The Kier molecular flexibility index (Phi) is 4.46. The summed E-state index contributed by atoms with van der Waals surface area (Å²) >= 11 is 3.53. The molecule has 2 fully saturated rings. The molecule has 1 aliphatic carbocycles. The number of fused-ring (bicyclic) bond motifs is 1. The summed E-state index contributed by atoms with van der Waals surface area (Å²) in [4.78, 5) is 32.1. The van der Waals surface area contributed by atoms with Gasteiger partial charge in [-0.15, -0.1) is 0 Å². The van der Waals surface area contributed by atoms with Crippen LogP contribution in [0.15, 0.2) is 59.1 Å². The zero-order valence-electron chi connectivity index (χ0n) is 16.6. The number of carbonyl (C=O) groups excluding carboxylic acids is 2. The highest BCUT2D eigenvalue weighted by Crippen LogP contribution is 2.54. The number of benzene rings is 2. The van der Waals surface area contributed by atoms with Gasteiger partial charge < -0.3 is 14.3 Å². The van der Waals surface area contributed by atoms with Crippen LogP contribution < -0.4 is 10.5 Å². The number of hydrazine groups is 1. The van der Waals surface area contributed by atoms with Crippen LogP contribution in [0.25, 0.3) is 10.9 Å². The first kappa shape index (κ1) is 19.3. The number of halogens is 1. The van der Waals surface area contributed by atoms with Gasteiger partial charge >= 0.3 is 5.97 Å². The minimum atomic E-state index is -0.551. The lowest BCUT2D eigenvalue weighted by Crippen LogP contribution is -2.47. The number of anilines is 1. The Morgan fingerprint density at radius 1 is 1.23 bits per heavy atom. The Morgan fingerprint density at radius 2 is 1.97 bits per heavy atom. The normalized spacial score (nSPS) is 23.6. The van der Waals surface area contributed by atoms with Gasteiger partial charge in [-0.25, -0.2) is 4.79 Å². The van der Waals surface area contributed by atoms with Crippen LogP contribution in [0, 0.1) is 5.92 Å². The number of carbonyl (C=O) groups is 2. The molecular weight excluding hydrogens is 448 g/mol. The molecule has 1 saturated carbocycles. The number of nitrogens with one attached hydrogen (secondary N) is 1. The Morgan fingerprint density at radius 3 is 2.60 bits per heavy atom. The van der Waals surface area contributed by atoms with Crippen LogP contribution in [0.2, 0.25) is 0 Å². The number of rotatable bonds is 4. The van der Waals surface area contributed by atoms with Crippen LogP contribution in [-0.4, -0.2) is 35.0 Å². The SMILES string of the molecule is C[C@H]1C[C@@]1(N1CC(=O)ON1)n1c(C(=O)N(C)c2ccccc2)cc2cc(Br)ccc21. The van der Waals surface area contributed by atoms with Crippen LogP contribution in [0.3, 0.4) is 0 Å². The predicted octanol–water partition coefficient (Wildman–Crippen LogP) is 3.65.